The molecule has 3 fully saturated rings. The summed E-state index contributed by atoms with van der Waals surface area (Å²) in [7, 11) is 0. The number of hydrogen-bond donors (Lipinski definition) is 1. The molecule has 0 aliphatic carbocycles. The lowest BCUT2D eigenvalue weighted by molar-refractivity contribution is -0.140. The van der Waals surface area contributed by atoms with Gasteiger partial charge in [0.15, 0.2) is 0 Å². The summed E-state index contributed by atoms with van der Waals surface area (Å²) in [5.41, 5.74) is 1.57. The van der Waals surface area contributed by atoms with E-state index in [1.54, 1.807) is 0 Å². The summed E-state index contributed by atoms with van der Waals surface area (Å²) in [6, 6.07) is 11.2. The van der Waals surface area contributed by atoms with Crippen LogP contribution in [-0.4, -0.2) is 54.5 Å². The van der Waals surface area contributed by atoms with E-state index in [4.69, 9.17) is 0 Å². The van der Waals surface area contributed by atoms with Crippen molar-refractivity contribution in [3.63, 3.8) is 0 Å². The molecule has 3 aliphatic rings. The number of amides is 1. The molecule has 4 rings (SSSR count). The van der Waals surface area contributed by atoms with Crippen LogP contribution in [-0.2, 0) is 11.3 Å². The van der Waals surface area contributed by atoms with E-state index in [9.17, 15) is 4.79 Å². The number of benzene rings is 1. The molecule has 1 spiro atoms. The fourth-order valence-corrected chi connectivity index (χ4v) is 5.11. The smallest absolute Gasteiger partial charge is 0.222 e. The van der Waals surface area contributed by atoms with Crippen molar-refractivity contribution < 1.29 is 4.79 Å². The van der Waals surface area contributed by atoms with Gasteiger partial charge in [0.2, 0.25) is 5.91 Å². The van der Waals surface area contributed by atoms with E-state index in [-0.39, 0.29) is 0 Å². The predicted molar refractivity (Wildman–Crippen MR) is 100 cm³/mol. The maximum atomic E-state index is 12.5. The van der Waals surface area contributed by atoms with Crippen molar-refractivity contribution in [1.29, 1.82) is 0 Å². The Morgan fingerprint density at radius 3 is 2.68 bits per heavy atom. The van der Waals surface area contributed by atoms with Gasteiger partial charge in [0, 0.05) is 37.5 Å². The highest BCUT2D eigenvalue weighted by molar-refractivity contribution is 5.77. The maximum absolute atomic E-state index is 12.5. The van der Waals surface area contributed by atoms with Crippen LogP contribution in [0, 0.1) is 5.41 Å². The van der Waals surface area contributed by atoms with Gasteiger partial charge in [0.05, 0.1) is 0 Å². The Kier molecular flexibility index (Phi) is 5.09. The summed E-state index contributed by atoms with van der Waals surface area (Å²) in [6.45, 7) is 6.48. The van der Waals surface area contributed by atoms with Crippen LogP contribution in [0.25, 0.3) is 0 Å². The van der Waals surface area contributed by atoms with Gasteiger partial charge in [0.25, 0.3) is 0 Å². The van der Waals surface area contributed by atoms with Gasteiger partial charge in [-0.3, -0.25) is 9.69 Å². The average Bonchev–Trinajstić information content (AvgIpc) is 2.67. The Balaban J connectivity index is 1.44. The van der Waals surface area contributed by atoms with Gasteiger partial charge in [-0.15, -0.1) is 0 Å². The van der Waals surface area contributed by atoms with Crippen molar-refractivity contribution in [3.05, 3.63) is 35.9 Å². The Morgan fingerprint density at radius 2 is 1.88 bits per heavy atom. The molecule has 1 aromatic rings. The van der Waals surface area contributed by atoms with Crippen LogP contribution < -0.4 is 5.32 Å². The number of carbonyl (C=O) groups excluding carboxylic acids is 1. The SMILES string of the molecule is O=C1CC[C@@]2(CCCN(C3CCNCC3)C2)CN1Cc1ccccc1. The molecule has 1 amide bonds. The molecule has 1 aromatic carbocycles. The normalized spacial score (nSPS) is 29.3. The minimum Gasteiger partial charge on any atom is -0.338 e. The zero-order valence-corrected chi connectivity index (χ0v) is 15.3. The second-order valence-electron chi connectivity index (χ2n) is 8.29. The molecular weight excluding hydrogens is 310 g/mol. The summed E-state index contributed by atoms with van der Waals surface area (Å²) in [5, 5.41) is 3.49. The quantitative estimate of drug-likeness (QED) is 0.918. The van der Waals surface area contributed by atoms with Gasteiger partial charge in [-0.05, 0) is 57.3 Å². The molecule has 0 unspecified atom stereocenters. The van der Waals surface area contributed by atoms with Crippen LogP contribution >= 0.6 is 0 Å². The summed E-state index contributed by atoms with van der Waals surface area (Å²) < 4.78 is 0. The second kappa shape index (κ2) is 7.46. The predicted octanol–water partition coefficient (Wildman–Crippen LogP) is 2.64. The Bertz CT molecular complexity index is 584. The van der Waals surface area contributed by atoms with Crippen molar-refractivity contribution in [2.45, 2.75) is 51.1 Å². The zero-order valence-electron chi connectivity index (χ0n) is 15.3. The molecule has 3 saturated heterocycles. The monoisotopic (exact) mass is 341 g/mol. The van der Waals surface area contributed by atoms with Gasteiger partial charge in [-0.25, -0.2) is 0 Å². The number of rotatable bonds is 3. The lowest BCUT2D eigenvalue weighted by Gasteiger charge is -2.50. The topological polar surface area (TPSA) is 35.6 Å². The molecule has 0 aromatic heterocycles. The molecule has 136 valence electrons. The molecule has 4 heteroatoms. The highest BCUT2D eigenvalue weighted by Crippen LogP contribution is 2.40. The van der Waals surface area contributed by atoms with Crippen LogP contribution in [0.2, 0.25) is 0 Å². The maximum Gasteiger partial charge on any atom is 0.222 e. The van der Waals surface area contributed by atoms with E-state index in [1.807, 2.05) is 6.07 Å². The highest BCUT2D eigenvalue weighted by Gasteiger charge is 2.42. The molecule has 0 radical (unpaired) electrons. The number of carbonyl (C=O) groups is 1. The van der Waals surface area contributed by atoms with Crippen molar-refractivity contribution in [2.24, 2.45) is 5.41 Å². The van der Waals surface area contributed by atoms with Crippen molar-refractivity contribution in [3.8, 4) is 0 Å². The van der Waals surface area contributed by atoms with Gasteiger partial charge in [0.1, 0.15) is 0 Å². The van der Waals surface area contributed by atoms with Crippen LogP contribution in [0.5, 0.6) is 0 Å². The minimum absolute atomic E-state index is 0.325. The molecule has 3 aliphatic heterocycles. The van der Waals surface area contributed by atoms with E-state index >= 15 is 0 Å². The standard InChI is InChI=1S/C21H31N3O/c25-20-7-11-21(17-24(20)15-18-5-2-1-3-6-18)10-4-14-23(16-21)19-8-12-22-13-9-19/h1-3,5-6,19,22H,4,7-17H2/t21-/m1/s1. The lowest BCUT2D eigenvalue weighted by Crippen LogP contribution is -2.56. The first kappa shape index (κ1) is 17.0. The van der Waals surface area contributed by atoms with E-state index in [1.165, 1.54) is 44.3 Å². The minimum atomic E-state index is 0.325. The third-order valence-corrected chi connectivity index (χ3v) is 6.48. The summed E-state index contributed by atoms with van der Waals surface area (Å²) in [6.07, 6.45) is 6.95. The van der Waals surface area contributed by atoms with E-state index in [2.05, 4.69) is 39.4 Å². The number of nitrogens with one attached hydrogen (secondary N) is 1. The first-order valence-corrected chi connectivity index (χ1v) is 10.0. The molecule has 0 saturated carbocycles. The Hall–Kier alpha value is -1.39. The fraction of sp³-hybridized carbons (Fsp3) is 0.667. The number of likely N-dealkylation sites (tertiary alicyclic amines) is 2. The number of piperidine rings is 3. The second-order valence-corrected chi connectivity index (χ2v) is 8.29. The largest absolute Gasteiger partial charge is 0.338 e. The van der Waals surface area contributed by atoms with Gasteiger partial charge >= 0.3 is 0 Å². The molecule has 1 atom stereocenters. The third-order valence-electron chi connectivity index (χ3n) is 6.48. The van der Waals surface area contributed by atoms with Crippen LogP contribution in [0.15, 0.2) is 30.3 Å². The van der Waals surface area contributed by atoms with E-state index in [0.717, 1.165) is 45.1 Å². The van der Waals surface area contributed by atoms with Crippen molar-refractivity contribution >= 4 is 5.91 Å². The number of nitrogens with zero attached hydrogens (tertiary/aromatic N) is 2. The molecule has 1 N–H and O–H groups in total. The average molecular weight is 341 g/mol. The Morgan fingerprint density at radius 1 is 1.08 bits per heavy atom. The molecule has 4 nitrogen and oxygen atoms in total. The van der Waals surface area contributed by atoms with Crippen LogP contribution in [0.3, 0.4) is 0 Å². The third kappa shape index (κ3) is 3.90. The summed E-state index contributed by atoms with van der Waals surface area (Å²) in [4.78, 5) is 17.4. The van der Waals surface area contributed by atoms with Crippen molar-refractivity contribution in [1.82, 2.24) is 15.1 Å². The summed E-state index contributed by atoms with van der Waals surface area (Å²) in [5.74, 6) is 0.341. The first-order valence-electron chi connectivity index (χ1n) is 10.0. The van der Waals surface area contributed by atoms with Gasteiger partial charge < -0.3 is 10.2 Å². The lowest BCUT2D eigenvalue weighted by atomic mass is 9.73. The Labute approximate surface area is 151 Å². The van der Waals surface area contributed by atoms with E-state index < -0.39 is 0 Å². The van der Waals surface area contributed by atoms with Crippen LogP contribution in [0.4, 0.5) is 0 Å². The zero-order chi connectivity index (χ0) is 17.1. The molecule has 0 bridgehead atoms. The summed E-state index contributed by atoms with van der Waals surface area (Å²) >= 11 is 0. The van der Waals surface area contributed by atoms with Crippen molar-refractivity contribution in [2.75, 3.05) is 32.7 Å². The van der Waals surface area contributed by atoms with Gasteiger partial charge in [-0.1, -0.05) is 30.3 Å². The van der Waals surface area contributed by atoms with Gasteiger partial charge in [-0.2, -0.15) is 0 Å². The molecule has 3 heterocycles. The number of hydrogen-bond acceptors (Lipinski definition) is 3. The van der Waals surface area contributed by atoms with Crippen LogP contribution in [0.1, 0.15) is 44.1 Å². The molecular formula is C21H31N3O. The fourth-order valence-electron chi connectivity index (χ4n) is 5.11. The first-order chi connectivity index (χ1) is 12.2. The van der Waals surface area contributed by atoms with E-state index in [0.29, 0.717) is 11.3 Å². The highest BCUT2D eigenvalue weighted by atomic mass is 16.2. The molecule has 25 heavy (non-hydrogen) atoms.